The van der Waals surface area contributed by atoms with Crippen LogP contribution in [0.3, 0.4) is 0 Å². The maximum absolute atomic E-state index is 12.0. The summed E-state index contributed by atoms with van der Waals surface area (Å²) in [7, 11) is 0. The lowest BCUT2D eigenvalue weighted by Gasteiger charge is -2.04. The minimum atomic E-state index is -0.729. The van der Waals surface area contributed by atoms with Crippen molar-refractivity contribution in [1.29, 1.82) is 0 Å². The van der Waals surface area contributed by atoms with Crippen molar-refractivity contribution < 1.29 is 13.6 Å². The fraction of sp³-hybridized carbons (Fsp3) is 0.0667. The van der Waals surface area contributed by atoms with Crippen LogP contribution in [0.25, 0.3) is 11.0 Å². The first-order valence-electron chi connectivity index (χ1n) is 6.18. The molecular weight excluding hydrogens is 294 g/mol. The van der Waals surface area contributed by atoms with Gasteiger partial charge in [0.2, 0.25) is 0 Å². The number of halogens is 1. The molecule has 0 radical (unpaired) electrons. The van der Waals surface area contributed by atoms with Crippen LogP contribution in [0.2, 0.25) is 5.02 Å². The molecular formula is C15H10ClNO4. The maximum atomic E-state index is 12.0. The molecule has 5 nitrogen and oxygen atoms in total. The Hall–Kier alpha value is -2.53. The molecule has 0 bridgehead atoms. The quantitative estimate of drug-likeness (QED) is 0.755. The summed E-state index contributed by atoms with van der Waals surface area (Å²) < 4.78 is 10.2. The van der Waals surface area contributed by atoms with E-state index >= 15 is 0 Å². The van der Waals surface area contributed by atoms with Gasteiger partial charge in [0.15, 0.2) is 5.58 Å². The van der Waals surface area contributed by atoms with Crippen molar-refractivity contribution >= 4 is 28.5 Å². The summed E-state index contributed by atoms with van der Waals surface area (Å²) >= 11 is 5.94. The first-order valence-corrected chi connectivity index (χ1v) is 6.56. The van der Waals surface area contributed by atoms with Gasteiger partial charge in [0.25, 0.3) is 5.91 Å². The molecule has 21 heavy (non-hydrogen) atoms. The molecule has 106 valence electrons. The fourth-order valence-corrected chi connectivity index (χ4v) is 2.16. The van der Waals surface area contributed by atoms with E-state index in [0.29, 0.717) is 16.2 Å². The standard InChI is InChI=1S/C15H10ClNO4/c16-12-5-1-3-9-7-11(15(19)21-13(9)12)14(18)17-8-10-4-2-6-20-10/h1-7H,8H2,(H,17,18). The lowest BCUT2D eigenvalue weighted by molar-refractivity contribution is 0.0944. The molecule has 1 amide bonds. The van der Waals surface area contributed by atoms with Crippen molar-refractivity contribution in [2.45, 2.75) is 6.54 Å². The second kappa shape index (κ2) is 5.46. The van der Waals surface area contributed by atoms with E-state index in [1.54, 1.807) is 30.3 Å². The third-order valence-corrected chi connectivity index (χ3v) is 3.26. The number of carbonyl (C=O) groups excluding carboxylic acids is 1. The van der Waals surface area contributed by atoms with Crippen LogP contribution < -0.4 is 10.9 Å². The summed E-state index contributed by atoms with van der Waals surface area (Å²) in [5.74, 6) is 0.0681. The highest BCUT2D eigenvalue weighted by Crippen LogP contribution is 2.22. The van der Waals surface area contributed by atoms with Crippen LogP contribution >= 0.6 is 11.6 Å². The van der Waals surface area contributed by atoms with Crippen molar-refractivity contribution in [2.75, 3.05) is 0 Å². The van der Waals surface area contributed by atoms with Gasteiger partial charge in [0.05, 0.1) is 17.8 Å². The molecule has 0 aliphatic carbocycles. The van der Waals surface area contributed by atoms with Crippen LogP contribution in [0.15, 0.2) is 56.3 Å². The number of para-hydroxylation sites is 1. The highest BCUT2D eigenvalue weighted by molar-refractivity contribution is 6.34. The van der Waals surface area contributed by atoms with E-state index in [4.69, 9.17) is 20.4 Å². The fourth-order valence-electron chi connectivity index (χ4n) is 1.94. The average Bonchev–Trinajstić information content (AvgIpc) is 2.98. The van der Waals surface area contributed by atoms with Gasteiger partial charge in [-0.2, -0.15) is 0 Å². The van der Waals surface area contributed by atoms with Crippen LogP contribution in [0.4, 0.5) is 0 Å². The molecule has 0 saturated carbocycles. The third-order valence-electron chi connectivity index (χ3n) is 2.96. The Balaban J connectivity index is 1.91. The third kappa shape index (κ3) is 2.68. The van der Waals surface area contributed by atoms with E-state index in [9.17, 15) is 9.59 Å². The van der Waals surface area contributed by atoms with Crippen molar-refractivity contribution in [2.24, 2.45) is 0 Å². The molecule has 1 N–H and O–H groups in total. The number of rotatable bonds is 3. The van der Waals surface area contributed by atoms with Gasteiger partial charge in [0, 0.05) is 5.39 Å². The van der Waals surface area contributed by atoms with Gasteiger partial charge in [0.1, 0.15) is 11.3 Å². The predicted molar refractivity (Wildman–Crippen MR) is 77.4 cm³/mol. The second-order valence-corrected chi connectivity index (χ2v) is 4.77. The Morgan fingerprint density at radius 2 is 2.10 bits per heavy atom. The van der Waals surface area contributed by atoms with Crippen LogP contribution in [0.5, 0.6) is 0 Å². The second-order valence-electron chi connectivity index (χ2n) is 4.37. The summed E-state index contributed by atoms with van der Waals surface area (Å²) in [6.45, 7) is 0.193. The Bertz CT molecular complexity index is 852. The predicted octanol–water partition coefficient (Wildman–Crippen LogP) is 2.97. The molecule has 3 aromatic rings. The number of hydrogen-bond donors (Lipinski definition) is 1. The molecule has 2 heterocycles. The van der Waals surface area contributed by atoms with E-state index in [2.05, 4.69) is 5.32 Å². The maximum Gasteiger partial charge on any atom is 0.349 e. The van der Waals surface area contributed by atoms with Gasteiger partial charge in [-0.25, -0.2) is 4.79 Å². The van der Waals surface area contributed by atoms with Gasteiger partial charge in [-0.1, -0.05) is 23.7 Å². The van der Waals surface area contributed by atoms with Crippen LogP contribution in [-0.4, -0.2) is 5.91 Å². The average molecular weight is 304 g/mol. The van der Waals surface area contributed by atoms with E-state index < -0.39 is 11.5 Å². The Morgan fingerprint density at radius 1 is 1.24 bits per heavy atom. The minimum absolute atomic E-state index is 0.0728. The van der Waals surface area contributed by atoms with Crippen molar-refractivity contribution in [3.8, 4) is 0 Å². The molecule has 0 aliphatic heterocycles. The summed E-state index contributed by atoms with van der Waals surface area (Å²) in [6, 6.07) is 9.95. The molecule has 3 rings (SSSR count). The number of nitrogens with one attached hydrogen (secondary N) is 1. The Kier molecular flexibility index (Phi) is 3.50. The van der Waals surface area contributed by atoms with Crippen LogP contribution in [0, 0.1) is 0 Å². The Morgan fingerprint density at radius 3 is 2.86 bits per heavy atom. The van der Waals surface area contributed by atoms with Crippen molar-refractivity contribution in [3.63, 3.8) is 0 Å². The first-order chi connectivity index (χ1) is 10.1. The molecule has 0 aliphatic rings. The molecule has 0 saturated heterocycles. The summed E-state index contributed by atoms with van der Waals surface area (Å²) in [6.07, 6.45) is 1.51. The highest BCUT2D eigenvalue weighted by atomic mass is 35.5. The van der Waals surface area contributed by atoms with E-state index in [0.717, 1.165) is 0 Å². The summed E-state index contributed by atoms with van der Waals surface area (Å²) in [5, 5.41) is 3.51. The zero-order valence-corrected chi connectivity index (χ0v) is 11.5. The molecule has 0 unspecified atom stereocenters. The van der Waals surface area contributed by atoms with E-state index in [1.165, 1.54) is 12.3 Å². The first kappa shape index (κ1) is 13.5. The van der Waals surface area contributed by atoms with Crippen molar-refractivity contribution in [1.82, 2.24) is 5.32 Å². The number of amides is 1. The van der Waals surface area contributed by atoms with Gasteiger partial charge in [-0.3, -0.25) is 4.79 Å². The van der Waals surface area contributed by atoms with E-state index in [1.807, 2.05) is 0 Å². The van der Waals surface area contributed by atoms with E-state index in [-0.39, 0.29) is 17.7 Å². The number of hydrogen-bond acceptors (Lipinski definition) is 4. The smallest absolute Gasteiger partial charge is 0.349 e. The zero-order chi connectivity index (χ0) is 14.8. The lowest BCUT2D eigenvalue weighted by Crippen LogP contribution is -2.27. The van der Waals surface area contributed by atoms with Crippen molar-refractivity contribution in [3.05, 3.63) is 69.4 Å². The number of benzene rings is 1. The summed E-state index contributed by atoms with van der Waals surface area (Å²) in [4.78, 5) is 23.9. The number of carbonyl (C=O) groups is 1. The largest absolute Gasteiger partial charge is 0.467 e. The molecule has 0 atom stereocenters. The topological polar surface area (TPSA) is 72.5 Å². The van der Waals surface area contributed by atoms with Gasteiger partial charge >= 0.3 is 5.63 Å². The van der Waals surface area contributed by atoms with Gasteiger partial charge < -0.3 is 14.2 Å². The molecule has 0 spiro atoms. The zero-order valence-electron chi connectivity index (χ0n) is 10.8. The summed E-state index contributed by atoms with van der Waals surface area (Å²) in [5.41, 5.74) is -0.532. The molecule has 1 aromatic carbocycles. The number of fused-ring (bicyclic) bond motifs is 1. The highest BCUT2D eigenvalue weighted by Gasteiger charge is 2.14. The lowest BCUT2D eigenvalue weighted by atomic mass is 10.2. The molecule has 0 fully saturated rings. The normalized spacial score (nSPS) is 10.7. The van der Waals surface area contributed by atoms with Gasteiger partial charge in [-0.15, -0.1) is 0 Å². The van der Waals surface area contributed by atoms with Crippen LogP contribution in [-0.2, 0) is 6.54 Å². The minimum Gasteiger partial charge on any atom is -0.467 e. The number of furan rings is 1. The van der Waals surface area contributed by atoms with Crippen LogP contribution in [0.1, 0.15) is 16.1 Å². The molecule has 2 aromatic heterocycles. The molecule has 6 heteroatoms. The Labute approximate surface area is 124 Å². The van der Waals surface area contributed by atoms with Gasteiger partial charge in [-0.05, 0) is 24.3 Å². The monoisotopic (exact) mass is 303 g/mol. The SMILES string of the molecule is O=C(NCc1ccco1)c1cc2cccc(Cl)c2oc1=O.